The van der Waals surface area contributed by atoms with Gasteiger partial charge >= 0.3 is 0 Å². The quantitative estimate of drug-likeness (QED) is 0.880. The molecule has 0 atom stereocenters. The highest BCUT2D eigenvalue weighted by Crippen LogP contribution is 2.22. The van der Waals surface area contributed by atoms with Crippen molar-refractivity contribution in [3.05, 3.63) is 41.7 Å². The van der Waals surface area contributed by atoms with Gasteiger partial charge in [-0.1, -0.05) is 12.1 Å². The van der Waals surface area contributed by atoms with Gasteiger partial charge in [-0.2, -0.15) is 5.10 Å². The molecule has 0 radical (unpaired) electrons. The summed E-state index contributed by atoms with van der Waals surface area (Å²) in [6.07, 6.45) is 2.92. The smallest absolute Gasteiger partial charge is 0.265 e. The molecule has 1 aromatic heterocycles. The fourth-order valence-corrected chi connectivity index (χ4v) is 3.25. The van der Waals surface area contributed by atoms with E-state index in [0.717, 1.165) is 17.7 Å². The van der Waals surface area contributed by atoms with Crippen LogP contribution in [0.3, 0.4) is 0 Å². The fourth-order valence-electron chi connectivity index (χ4n) is 2.19. The van der Waals surface area contributed by atoms with Crippen molar-refractivity contribution in [2.24, 2.45) is 0 Å². The van der Waals surface area contributed by atoms with Crippen molar-refractivity contribution in [2.45, 2.75) is 38.3 Å². The maximum Gasteiger partial charge on any atom is 0.265 e. The minimum absolute atomic E-state index is 0.115. The molecular weight excluding hydrogens is 312 g/mol. The molecule has 0 saturated carbocycles. The molecule has 6 nitrogen and oxygen atoms in total. The number of aryl methyl sites for hydroxylation is 1. The van der Waals surface area contributed by atoms with Gasteiger partial charge < -0.3 is 4.90 Å². The molecule has 0 fully saturated rings. The number of anilines is 1. The highest BCUT2D eigenvalue weighted by molar-refractivity contribution is 7.92. The van der Waals surface area contributed by atoms with Crippen molar-refractivity contribution in [3.63, 3.8) is 0 Å². The minimum atomic E-state index is -3.64. The summed E-state index contributed by atoms with van der Waals surface area (Å²) in [7, 11) is 0.312. The van der Waals surface area contributed by atoms with E-state index in [1.165, 1.54) is 6.20 Å². The van der Waals surface area contributed by atoms with Crippen molar-refractivity contribution in [3.8, 4) is 0 Å². The van der Waals surface area contributed by atoms with Crippen LogP contribution < -0.4 is 4.72 Å². The van der Waals surface area contributed by atoms with Crippen LogP contribution in [0, 0.1) is 6.92 Å². The van der Waals surface area contributed by atoms with E-state index in [1.807, 2.05) is 58.0 Å². The monoisotopic (exact) mass is 336 g/mol. The standard InChI is InChI=1S/C16H24N4O2S/c1-12(2)20-11-15(9-17-20)23(21,22)18-16-8-14(10-19(4)5)7-6-13(16)3/h6-9,11-12,18H,10H2,1-5H3. The summed E-state index contributed by atoms with van der Waals surface area (Å²) in [5.74, 6) is 0. The zero-order valence-corrected chi connectivity index (χ0v) is 15.1. The lowest BCUT2D eigenvalue weighted by atomic mass is 10.1. The van der Waals surface area contributed by atoms with Crippen LogP contribution in [0.1, 0.15) is 31.0 Å². The second kappa shape index (κ2) is 6.72. The van der Waals surface area contributed by atoms with Gasteiger partial charge in [0, 0.05) is 18.8 Å². The van der Waals surface area contributed by atoms with Gasteiger partial charge in [-0.05, 0) is 52.1 Å². The summed E-state index contributed by atoms with van der Waals surface area (Å²) >= 11 is 0. The zero-order valence-electron chi connectivity index (χ0n) is 14.2. The lowest BCUT2D eigenvalue weighted by Gasteiger charge is -2.14. The molecule has 0 aliphatic heterocycles. The van der Waals surface area contributed by atoms with E-state index in [2.05, 4.69) is 9.82 Å². The highest BCUT2D eigenvalue weighted by atomic mass is 32.2. The Morgan fingerprint density at radius 2 is 2.00 bits per heavy atom. The first-order chi connectivity index (χ1) is 10.7. The van der Waals surface area contributed by atoms with Gasteiger partial charge in [0.2, 0.25) is 0 Å². The average molecular weight is 336 g/mol. The summed E-state index contributed by atoms with van der Waals surface area (Å²) in [6, 6.07) is 5.92. The van der Waals surface area contributed by atoms with E-state index in [9.17, 15) is 8.42 Å². The molecule has 0 spiro atoms. The number of rotatable bonds is 6. The Morgan fingerprint density at radius 1 is 1.30 bits per heavy atom. The topological polar surface area (TPSA) is 67.2 Å². The van der Waals surface area contributed by atoms with Crippen molar-refractivity contribution >= 4 is 15.7 Å². The fraction of sp³-hybridized carbons (Fsp3) is 0.438. The Balaban J connectivity index is 2.29. The van der Waals surface area contributed by atoms with E-state index in [1.54, 1.807) is 10.9 Å². The Hall–Kier alpha value is -1.86. The first kappa shape index (κ1) is 17.5. The number of hydrogen-bond acceptors (Lipinski definition) is 4. The SMILES string of the molecule is Cc1ccc(CN(C)C)cc1NS(=O)(=O)c1cnn(C(C)C)c1. The van der Waals surface area contributed by atoms with Crippen LogP contribution in [0.25, 0.3) is 0 Å². The molecule has 7 heteroatoms. The van der Waals surface area contributed by atoms with E-state index < -0.39 is 10.0 Å². The minimum Gasteiger partial charge on any atom is -0.305 e. The summed E-state index contributed by atoms with van der Waals surface area (Å²) in [4.78, 5) is 2.21. The number of nitrogens with zero attached hydrogens (tertiary/aromatic N) is 3. The van der Waals surface area contributed by atoms with E-state index in [-0.39, 0.29) is 10.9 Å². The summed E-state index contributed by atoms with van der Waals surface area (Å²) in [5.41, 5.74) is 2.53. The molecule has 0 aliphatic carbocycles. The van der Waals surface area contributed by atoms with Crippen LogP contribution in [-0.4, -0.2) is 37.2 Å². The Kier molecular flexibility index (Phi) is 5.11. The Morgan fingerprint density at radius 3 is 2.57 bits per heavy atom. The van der Waals surface area contributed by atoms with Gasteiger partial charge in [0.05, 0.1) is 11.9 Å². The molecule has 0 bridgehead atoms. The van der Waals surface area contributed by atoms with Crippen LogP contribution in [0.2, 0.25) is 0 Å². The lowest BCUT2D eigenvalue weighted by Crippen LogP contribution is -2.15. The normalized spacial score (nSPS) is 12.1. The lowest BCUT2D eigenvalue weighted by molar-refractivity contribution is 0.402. The van der Waals surface area contributed by atoms with Crippen LogP contribution in [-0.2, 0) is 16.6 Å². The van der Waals surface area contributed by atoms with Gasteiger partial charge in [-0.3, -0.25) is 9.40 Å². The predicted molar refractivity (Wildman–Crippen MR) is 92.0 cm³/mol. The first-order valence-electron chi connectivity index (χ1n) is 7.50. The average Bonchev–Trinajstić information content (AvgIpc) is 2.92. The number of hydrogen-bond donors (Lipinski definition) is 1. The van der Waals surface area contributed by atoms with Crippen LogP contribution in [0.5, 0.6) is 0 Å². The molecule has 1 N–H and O–H groups in total. The molecule has 1 aromatic carbocycles. The second-order valence-corrected chi connectivity index (χ2v) is 7.92. The van der Waals surface area contributed by atoms with Gasteiger partial charge in [0.25, 0.3) is 10.0 Å². The zero-order chi connectivity index (χ0) is 17.2. The van der Waals surface area contributed by atoms with Gasteiger partial charge in [0.15, 0.2) is 0 Å². The molecule has 0 amide bonds. The third-order valence-corrected chi connectivity index (χ3v) is 4.78. The van der Waals surface area contributed by atoms with Crippen molar-refractivity contribution in [1.29, 1.82) is 0 Å². The molecule has 126 valence electrons. The molecule has 2 rings (SSSR count). The van der Waals surface area contributed by atoms with Gasteiger partial charge in [0.1, 0.15) is 4.90 Å². The third kappa shape index (κ3) is 4.33. The molecule has 1 heterocycles. The highest BCUT2D eigenvalue weighted by Gasteiger charge is 2.18. The largest absolute Gasteiger partial charge is 0.305 e. The molecule has 0 unspecified atom stereocenters. The number of aromatic nitrogens is 2. The Labute approximate surface area is 138 Å². The van der Waals surface area contributed by atoms with Crippen molar-refractivity contribution < 1.29 is 8.42 Å². The Bertz CT molecular complexity index is 779. The van der Waals surface area contributed by atoms with Crippen molar-refractivity contribution in [2.75, 3.05) is 18.8 Å². The van der Waals surface area contributed by atoms with Gasteiger partial charge in [-0.25, -0.2) is 8.42 Å². The number of sulfonamides is 1. The maximum atomic E-state index is 12.5. The van der Waals surface area contributed by atoms with E-state index in [4.69, 9.17) is 0 Å². The molecule has 23 heavy (non-hydrogen) atoms. The molecule has 2 aromatic rings. The van der Waals surface area contributed by atoms with Crippen LogP contribution in [0.15, 0.2) is 35.5 Å². The third-order valence-electron chi connectivity index (χ3n) is 3.46. The first-order valence-corrected chi connectivity index (χ1v) is 8.98. The molecule has 0 saturated heterocycles. The number of benzene rings is 1. The summed E-state index contributed by atoms with van der Waals surface area (Å²) < 4.78 is 29.4. The second-order valence-electron chi connectivity index (χ2n) is 6.24. The van der Waals surface area contributed by atoms with Crippen LogP contribution in [0.4, 0.5) is 5.69 Å². The van der Waals surface area contributed by atoms with E-state index >= 15 is 0 Å². The summed E-state index contributed by atoms with van der Waals surface area (Å²) in [6.45, 7) is 6.53. The van der Waals surface area contributed by atoms with E-state index in [0.29, 0.717) is 5.69 Å². The molecular formula is C16H24N4O2S. The van der Waals surface area contributed by atoms with Crippen molar-refractivity contribution in [1.82, 2.24) is 14.7 Å². The summed E-state index contributed by atoms with van der Waals surface area (Å²) in [5, 5.41) is 4.09. The molecule has 0 aliphatic rings. The predicted octanol–water partition coefficient (Wildman–Crippen LogP) is 2.63. The maximum absolute atomic E-state index is 12.5. The number of nitrogens with one attached hydrogen (secondary N) is 1. The van der Waals surface area contributed by atoms with Crippen LogP contribution >= 0.6 is 0 Å². The van der Waals surface area contributed by atoms with Gasteiger partial charge in [-0.15, -0.1) is 0 Å².